The molecule has 294 valence electrons. The van der Waals surface area contributed by atoms with Crippen LogP contribution in [-0.2, 0) is 6.42 Å². The summed E-state index contributed by atoms with van der Waals surface area (Å²) < 4.78 is 7.77. The molecule has 0 spiro atoms. The highest BCUT2D eigenvalue weighted by molar-refractivity contribution is 7.19. The Hall–Kier alpha value is -7.47. The number of rotatable bonds is 7. The molecule has 0 fully saturated rings. The van der Waals surface area contributed by atoms with Crippen molar-refractivity contribution in [3.63, 3.8) is 0 Å². The van der Waals surface area contributed by atoms with Crippen LogP contribution in [0, 0.1) is 5.92 Å². The number of benzene rings is 6. The Morgan fingerprint density at radius 2 is 1.27 bits per heavy atom. The zero-order valence-corrected chi connectivity index (χ0v) is 34.8. The lowest BCUT2D eigenvalue weighted by molar-refractivity contribution is 0.669. The number of thiophene rings is 1. The smallest absolute Gasteiger partial charge is 0.167 e. The molecular weight excluding hydrogens is 775 g/mol. The maximum Gasteiger partial charge on any atom is 0.167 e. The van der Waals surface area contributed by atoms with Crippen LogP contribution in [0.4, 0.5) is 0 Å². The van der Waals surface area contributed by atoms with Crippen molar-refractivity contribution in [3.05, 3.63) is 215 Å². The molecule has 0 saturated carbocycles. The van der Waals surface area contributed by atoms with Gasteiger partial charge >= 0.3 is 0 Å². The Labute approximate surface area is 364 Å². The van der Waals surface area contributed by atoms with Gasteiger partial charge in [-0.05, 0) is 105 Å². The summed E-state index contributed by atoms with van der Waals surface area (Å²) in [6.07, 6.45) is 14.3. The van der Waals surface area contributed by atoms with E-state index in [4.69, 9.17) is 19.4 Å². The van der Waals surface area contributed by atoms with Crippen molar-refractivity contribution >= 4 is 60.6 Å². The molecule has 0 amide bonds. The minimum atomic E-state index is 0.250. The maximum absolute atomic E-state index is 6.47. The van der Waals surface area contributed by atoms with E-state index in [0.29, 0.717) is 17.5 Å². The summed E-state index contributed by atoms with van der Waals surface area (Å²) in [4.78, 5) is 16.8. The largest absolute Gasteiger partial charge is 0.455 e. The first kappa shape index (κ1) is 36.4. The number of hydrogen-bond donors (Lipinski definition) is 0. The molecule has 1 unspecified atom stereocenters. The normalized spacial score (nSPS) is 15.7. The summed E-state index contributed by atoms with van der Waals surface area (Å²) in [5, 5.41) is 3.41. The topological polar surface area (TPSA) is 51.8 Å². The van der Waals surface area contributed by atoms with Gasteiger partial charge in [0.1, 0.15) is 11.2 Å². The van der Waals surface area contributed by atoms with Gasteiger partial charge in [-0.15, -0.1) is 11.3 Å². The van der Waals surface area contributed by atoms with Crippen molar-refractivity contribution < 1.29 is 4.42 Å². The highest BCUT2D eigenvalue weighted by atomic mass is 32.1. The Morgan fingerprint density at radius 1 is 0.581 bits per heavy atom. The molecule has 6 aromatic carbocycles. The molecule has 4 nitrogen and oxygen atoms in total. The molecule has 62 heavy (non-hydrogen) atoms. The van der Waals surface area contributed by atoms with Gasteiger partial charge in [0.25, 0.3) is 0 Å². The third-order valence-electron chi connectivity index (χ3n) is 12.8. The van der Waals surface area contributed by atoms with E-state index in [-0.39, 0.29) is 5.92 Å². The Bertz CT molecular complexity index is 3480. The lowest BCUT2D eigenvalue weighted by Crippen LogP contribution is -2.18. The number of para-hydroxylation sites is 2. The van der Waals surface area contributed by atoms with E-state index < -0.39 is 0 Å². The average Bonchev–Trinajstić information content (AvgIpc) is 3.92. The third kappa shape index (κ3) is 5.84. The van der Waals surface area contributed by atoms with Crippen LogP contribution in [0.5, 0.6) is 0 Å². The zero-order valence-electron chi connectivity index (χ0n) is 33.9. The lowest BCUT2D eigenvalue weighted by Gasteiger charge is -2.34. The Balaban J connectivity index is 0.960. The molecule has 0 N–H and O–H groups in total. The van der Waals surface area contributed by atoms with Gasteiger partial charge in [0.2, 0.25) is 0 Å². The van der Waals surface area contributed by atoms with E-state index in [1.54, 1.807) is 0 Å². The molecule has 3 heterocycles. The predicted molar refractivity (Wildman–Crippen MR) is 258 cm³/mol. The zero-order chi connectivity index (χ0) is 41.3. The van der Waals surface area contributed by atoms with Gasteiger partial charge in [-0.25, -0.2) is 15.0 Å². The van der Waals surface area contributed by atoms with E-state index in [9.17, 15) is 0 Å². The second-order valence-corrected chi connectivity index (χ2v) is 17.4. The molecule has 0 radical (unpaired) electrons. The molecule has 1 atom stereocenters. The molecule has 3 aliphatic rings. The summed E-state index contributed by atoms with van der Waals surface area (Å²) in [5.74, 6) is 2.05. The van der Waals surface area contributed by atoms with Crippen LogP contribution in [0.2, 0.25) is 0 Å². The van der Waals surface area contributed by atoms with E-state index >= 15 is 0 Å². The van der Waals surface area contributed by atoms with Gasteiger partial charge in [-0.1, -0.05) is 153 Å². The number of aromatic nitrogens is 3. The maximum atomic E-state index is 6.47. The van der Waals surface area contributed by atoms with Crippen LogP contribution in [0.15, 0.2) is 198 Å². The van der Waals surface area contributed by atoms with Crippen molar-refractivity contribution in [1.82, 2.24) is 15.0 Å². The molecule has 3 aliphatic carbocycles. The van der Waals surface area contributed by atoms with Crippen molar-refractivity contribution in [2.75, 3.05) is 0 Å². The van der Waals surface area contributed by atoms with E-state index in [1.165, 1.54) is 65.1 Å². The number of nitrogens with zero attached hydrogens (tertiary/aromatic N) is 3. The number of allylic oxidation sites excluding steroid dienone is 9. The van der Waals surface area contributed by atoms with Gasteiger partial charge < -0.3 is 4.42 Å². The molecule has 0 aliphatic heterocycles. The van der Waals surface area contributed by atoms with Gasteiger partial charge in [-0.3, -0.25) is 0 Å². The van der Waals surface area contributed by atoms with E-state index in [2.05, 4.69) is 122 Å². The van der Waals surface area contributed by atoms with Crippen LogP contribution in [0.3, 0.4) is 0 Å². The monoisotopic (exact) mass is 813 g/mol. The first-order chi connectivity index (χ1) is 30.6. The van der Waals surface area contributed by atoms with Crippen molar-refractivity contribution in [1.29, 1.82) is 0 Å². The average molecular weight is 814 g/mol. The SMILES string of the molecule is C=CC1=C(C=C)C2CC(C3=Cc4c(sc5cccc(-c6cccc(-c7nc(-c8ccccc8)nc(-c8cccc9c8oc8ccccc89)n7)c6)c45)CC3)=CC=C2c2ccccc21. The third-order valence-corrected chi connectivity index (χ3v) is 14.1. The number of furan rings is 1. The first-order valence-corrected chi connectivity index (χ1v) is 22.0. The Morgan fingerprint density at radius 3 is 2.15 bits per heavy atom. The quantitative estimate of drug-likeness (QED) is 0.161. The van der Waals surface area contributed by atoms with Gasteiger partial charge in [0.15, 0.2) is 17.5 Å². The summed E-state index contributed by atoms with van der Waals surface area (Å²) in [6, 6.07) is 48.6. The summed E-state index contributed by atoms with van der Waals surface area (Å²) in [6.45, 7) is 8.50. The highest BCUT2D eigenvalue weighted by Crippen LogP contribution is 2.50. The number of hydrogen-bond acceptors (Lipinski definition) is 5. The highest BCUT2D eigenvalue weighted by Gasteiger charge is 2.32. The lowest BCUT2D eigenvalue weighted by atomic mass is 9.69. The number of aryl methyl sites for hydroxylation is 1. The van der Waals surface area contributed by atoms with Crippen LogP contribution in [0.25, 0.3) is 94.5 Å². The van der Waals surface area contributed by atoms with Crippen molar-refractivity contribution in [3.8, 4) is 45.3 Å². The van der Waals surface area contributed by atoms with Crippen LogP contribution in [0.1, 0.15) is 34.4 Å². The van der Waals surface area contributed by atoms with Crippen LogP contribution >= 0.6 is 11.3 Å². The van der Waals surface area contributed by atoms with Gasteiger partial charge in [0.05, 0.1) is 5.56 Å². The molecule has 5 heteroatoms. The molecule has 12 rings (SSSR count). The molecule has 9 aromatic rings. The standard InChI is InChI=1S/C57H39N3OS/c1-3-39-40(4-2)48-32-35(27-29-44(48)43-20-9-8-19-42(39)43)36-28-30-51-49(33-36)53-41(22-14-26-52(53)62-51)37-17-12-18-38(31-37)56-58-55(34-15-6-5-7-16-34)59-57(60-56)47-24-13-23-46-45-21-10-11-25-50(45)61-54(46)47/h3-27,29,31,33,48H,1-2,28,30,32H2. The molecular formula is C57H39N3OS. The number of fused-ring (bicyclic) bond motifs is 9. The van der Waals surface area contributed by atoms with Crippen molar-refractivity contribution in [2.24, 2.45) is 5.92 Å². The summed E-state index contributed by atoms with van der Waals surface area (Å²) >= 11 is 1.93. The summed E-state index contributed by atoms with van der Waals surface area (Å²) in [7, 11) is 0. The molecule has 3 aromatic heterocycles. The molecule has 0 saturated heterocycles. The fraction of sp³-hybridized carbons (Fsp3) is 0.0702. The minimum Gasteiger partial charge on any atom is -0.455 e. The van der Waals surface area contributed by atoms with Crippen molar-refractivity contribution in [2.45, 2.75) is 19.3 Å². The minimum absolute atomic E-state index is 0.250. The Kier molecular flexibility index (Phi) is 8.58. The van der Waals surface area contributed by atoms with Gasteiger partial charge in [0, 0.05) is 42.8 Å². The fourth-order valence-electron chi connectivity index (χ4n) is 9.93. The van der Waals surface area contributed by atoms with Gasteiger partial charge in [-0.2, -0.15) is 0 Å². The van der Waals surface area contributed by atoms with Crippen LogP contribution in [-0.4, -0.2) is 15.0 Å². The van der Waals surface area contributed by atoms with Crippen LogP contribution < -0.4 is 0 Å². The second-order valence-electron chi connectivity index (χ2n) is 16.2. The fourth-order valence-corrected chi connectivity index (χ4v) is 11.1. The van der Waals surface area contributed by atoms with E-state index in [1.807, 2.05) is 72.0 Å². The van der Waals surface area contributed by atoms with E-state index in [0.717, 1.165) is 63.5 Å². The molecule has 0 bridgehead atoms. The summed E-state index contributed by atoms with van der Waals surface area (Å²) in [5.41, 5.74) is 17.2. The first-order valence-electron chi connectivity index (χ1n) is 21.2. The second kappa shape index (κ2) is 14.6. The predicted octanol–water partition coefficient (Wildman–Crippen LogP) is 15.2.